The predicted molar refractivity (Wildman–Crippen MR) is 138 cm³/mol. The lowest BCUT2D eigenvalue weighted by Gasteiger charge is -2.19. The molecule has 35 heavy (non-hydrogen) atoms. The van der Waals surface area contributed by atoms with E-state index in [0.29, 0.717) is 22.9 Å². The topological polar surface area (TPSA) is 74.0 Å². The van der Waals surface area contributed by atoms with Gasteiger partial charge in [-0.3, -0.25) is 9.48 Å². The third-order valence-corrected chi connectivity index (χ3v) is 6.22. The molecule has 2 heterocycles. The van der Waals surface area contributed by atoms with Gasteiger partial charge in [0.2, 0.25) is 0 Å². The van der Waals surface area contributed by atoms with Crippen LogP contribution in [0.5, 0.6) is 5.75 Å². The van der Waals surface area contributed by atoms with Gasteiger partial charge in [0.05, 0.1) is 23.6 Å². The first-order chi connectivity index (χ1) is 16.6. The standard InChI is InChI=1S/C27H30ClN5O2/c1-18-25(19(2)33(30-18)16-20-8-6-7-9-23(20)28)29-26(34)24-14-15-32(31-24)17-35-22-12-10-21(11-13-22)27(3,4)5/h6-15H,16-17H2,1-5H3,(H,29,34). The van der Waals surface area contributed by atoms with Gasteiger partial charge in [-0.05, 0) is 54.7 Å². The second kappa shape index (κ2) is 9.96. The van der Waals surface area contributed by atoms with Gasteiger partial charge in [0.1, 0.15) is 5.75 Å². The van der Waals surface area contributed by atoms with Gasteiger partial charge in [-0.25, -0.2) is 4.68 Å². The number of carbonyl (C=O) groups excluding carboxylic acids is 1. The van der Waals surface area contributed by atoms with Crippen molar-refractivity contribution >= 4 is 23.2 Å². The molecule has 4 rings (SSSR count). The lowest BCUT2D eigenvalue weighted by atomic mass is 9.87. The second-order valence-electron chi connectivity index (χ2n) is 9.54. The average molecular weight is 492 g/mol. The van der Waals surface area contributed by atoms with Crippen molar-refractivity contribution < 1.29 is 9.53 Å². The van der Waals surface area contributed by atoms with E-state index >= 15 is 0 Å². The van der Waals surface area contributed by atoms with E-state index < -0.39 is 0 Å². The molecule has 0 aliphatic carbocycles. The molecule has 2 aromatic carbocycles. The van der Waals surface area contributed by atoms with Crippen molar-refractivity contribution in [1.82, 2.24) is 19.6 Å². The van der Waals surface area contributed by atoms with Crippen molar-refractivity contribution in [2.75, 3.05) is 5.32 Å². The van der Waals surface area contributed by atoms with Gasteiger partial charge in [-0.1, -0.05) is 62.7 Å². The van der Waals surface area contributed by atoms with Gasteiger partial charge in [0, 0.05) is 11.2 Å². The number of carbonyl (C=O) groups is 1. The third-order valence-electron chi connectivity index (χ3n) is 5.86. The van der Waals surface area contributed by atoms with Crippen LogP contribution < -0.4 is 10.1 Å². The molecule has 0 bridgehead atoms. The van der Waals surface area contributed by atoms with E-state index in [2.05, 4.69) is 48.4 Å². The minimum absolute atomic E-state index is 0.0879. The minimum Gasteiger partial charge on any atom is -0.471 e. The number of nitrogens with zero attached hydrogens (tertiary/aromatic N) is 4. The number of benzene rings is 2. The average Bonchev–Trinajstić information content (AvgIpc) is 3.39. The molecule has 1 N–H and O–H groups in total. The van der Waals surface area contributed by atoms with E-state index in [0.717, 1.165) is 22.7 Å². The first kappa shape index (κ1) is 24.5. The molecule has 1 amide bonds. The maximum absolute atomic E-state index is 12.9. The first-order valence-corrected chi connectivity index (χ1v) is 11.8. The van der Waals surface area contributed by atoms with Crippen LogP contribution in [0.4, 0.5) is 5.69 Å². The summed E-state index contributed by atoms with van der Waals surface area (Å²) in [7, 11) is 0. The summed E-state index contributed by atoms with van der Waals surface area (Å²) in [6.07, 6.45) is 1.72. The van der Waals surface area contributed by atoms with Crippen molar-refractivity contribution in [3.63, 3.8) is 0 Å². The van der Waals surface area contributed by atoms with E-state index in [4.69, 9.17) is 16.3 Å². The van der Waals surface area contributed by atoms with Crippen LogP contribution in [0, 0.1) is 13.8 Å². The zero-order valence-corrected chi connectivity index (χ0v) is 21.4. The summed E-state index contributed by atoms with van der Waals surface area (Å²) in [5.74, 6) is 0.443. The molecule has 4 aromatic rings. The molecule has 2 aromatic heterocycles. The molecule has 0 atom stereocenters. The number of ether oxygens (including phenoxy) is 1. The Labute approximate surface area is 210 Å². The van der Waals surface area contributed by atoms with E-state index in [1.807, 2.05) is 54.9 Å². The van der Waals surface area contributed by atoms with Crippen LogP contribution in [0.1, 0.15) is 53.8 Å². The Kier molecular flexibility index (Phi) is 6.98. The molecule has 0 aliphatic rings. The third kappa shape index (κ3) is 5.74. The molecule has 0 radical (unpaired) electrons. The summed E-state index contributed by atoms with van der Waals surface area (Å²) >= 11 is 6.30. The zero-order valence-electron chi connectivity index (χ0n) is 20.7. The Morgan fingerprint density at radius 3 is 2.43 bits per heavy atom. The molecule has 8 heteroatoms. The molecular weight excluding hydrogens is 462 g/mol. The fraction of sp³-hybridized carbons (Fsp3) is 0.296. The summed E-state index contributed by atoms with van der Waals surface area (Å²) < 4.78 is 9.25. The number of hydrogen-bond donors (Lipinski definition) is 1. The maximum Gasteiger partial charge on any atom is 0.276 e. The van der Waals surface area contributed by atoms with Crippen LogP contribution in [0.25, 0.3) is 0 Å². The number of anilines is 1. The number of aryl methyl sites for hydroxylation is 1. The van der Waals surface area contributed by atoms with Gasteiger partial charge < -0.3 is 10.1 Å². The monoisotopic (exact) mass is 491 g/mol. The zero-order chi connectivity index (χ0) is 25.2. The quantitative estimate of drug-likeness (QED) is 0.345. The fourth-order valence-electron chi connectivity index (χ4n) is 3.74. The van der Waals surface area contributed by atoms with E-state index in [1.165, 1.54) is 5.56 Å². The molecule has 7 nitrogen and oxygen atoms in total. The highest BCUT2D eigenvalue weighted by atomic mass is 35.5. The number of hydrogen-bond acceptors (Lipinski definition) is 4. The second-order valence-corrected chi connectivity index (χ2v) is 9.94. The van der Waals surface area contributed by atoms with Gasteiger partial charge in [0.25, 0.3) is 5.91 Å². The Morgan fingerprint density at radius 2 is 1.74 bits per heavy atom. The molecule has 182 valence electrons. The van der Waals surface area contributed by atoms with Crippen LogP contribution in [-0.4, -0.2) is 25.5 Å². The van der Waals surface area contributed by atoms with Crippen LogP contribution in [-0.2, 0) is 18.7 Å². The molecular formula is C27H30ClN5O2. The summed E-state index contributed by atoms with van der Waals surface area (Å²) in [6.45, 7) is 11.0. The summed E-state index contributed by atoms with van der Waals surface area (Å²) in [4.78, 5) is 12.9. The van der Waals surface area contributed by atoms with E-state index in [-0.39, 0.29) is 18.1 Å². The van der Waals surface area contributed by atoms with E-state index in [9.17, 15) is 4.79 Å². The maximum atomic E-state index is 12.9. The van der Waals surface area contributed by atoms with E-state index in [1.54, 1.807) is 16.9 Å². The Bertz CT molecular complexity index is 1330. The SMILES string of the molecule is Cc1nn(Cc2ccccc2Cl)c(C)c1NC(=O)c1ccn(COc2ccc(C(C)(C)C)cc2)n1. The molecule has 0 spiro atoms. The first-order valence-electron chi connectivity index (χ1n) is 11.5. The smallest absolute Gasteiger partial charge is 0.276 e. The molecule has 0 unspecified atom stereocenters. The number of amides is 1. The van der Waals surface area contributed by atoms with Crippen LogP contribution in [0.15, 0.2) is 60.8 Å². The summed E-state index contributed by atoms with van der Waals surface area (Å²) in [5, 5.41) is 12.6. The molecule has 0 aliphatic heterocycles. The largest absolute Gasteiger partial charge is 0.471 e. The number of aromatic nitrogens is 4. The lowest BCUT2D eigenvalue weighted by Crippen LogP contribution is -2.15. The Hall–Kier alpha value is -3.58. The lowest BCUT2D eigenvalue weighted by molar-refractivity contribution is 0.102. The minimum atomic E-state index is -0.304. The van der Waals surface area contributed by atoms with Gasteiger partial charge in [-0.2, -0.15) is 10.2 Å². The number of halogens is 1. The molecule has 0 saturated carbocycles. The Morgan fingerprint density at radius 1 is 1.03 bits per heavy atom. The molecule has 0 saturated heterocycles. The van der Waals surface area contributed by atoms with Gasteiger partial charge in [-0.15, -0.1) is 0 Å². The predicted octanol–water partition coefficient (Wildman–Crippen LogP) is 5.98. The fourth-order valence-corrected chi connectivity index (χ4v) is 3.94. The van der Waals surface area contributed by atoms with Gasteiger partial charge in [0.15, 0.2) is 12.4 Å². The van der Waals surface area contributed by atoms with Crippen molar-refractivity contribution in [1.29, 1.82) is 0 Å². The summed E-state index contributed by atoms with van der Waals surface area (Å²) in [6, 6.07) is 17.3. The normalized spacial score (nSPS) is 11.5. The highest BCUT2D eigenvalue weighted by Gasteiger charge is 2.18. The van der Waals surface area contributed by atoms with Crippen LogP contribution >= 0.6 is 11.6 Å². The highest BCUT2D eigenvalue weighted by molar-refractivity contribution is 6.31. The van der Waals surface area contributed by atoms with Gasteiger partial charge >= 0.3 is 0 Å². The van der Waals surface area contributed by atoms with Crippen molar-refractivity contribution in [3.8, 4) is 5.75 Å². The van der Waals surface area contributed by atoms with Crippen molar-refractivity contribution in [2.45, 2.75) is 53.3 Å². The van der Waals surface area contributed by atoms with Crippen molar-refractivity contribution in [3.05, 3.63) is 94.0 Å². The molecule has 0 fully saturated rings. The Balaban J connectivity index is 1.39. The van der Waals surface area contributed by atoms with Crippen molar-refractivity contribution in [2.24, 2.45) is 0 Å². The number of rotatable bonds is 7. The summed E-state index contributed by atoms with van der Waals surface area (Å²) in [5.41, 5.74) is 4.83. The number of nitrogens with one attached hydrogen (secondary N) is 1. The highest BCUT2D eigenvalue weighted by Crippen LogP contribution is 2.25. The van der Waals surface area contributed by atoms with Crippen LogP contribution in [0.3, 0.4) is 0 Å². The van der Waals surface area contributed by atoms with Crippen LogP contribution in [0.2, 0.25) is 5.02 Å².